The van der Waals surface area contributed by atoms with Gasteiger partial charge in [0.15, 0.2) is 0 Å². The van der Waals surface area contributed by atoms with Gasteiger partial charge in [-0.2, -0.15) is 0 Å². The molecule has 76 valence electrons. The molecule has 0 saturated heterocycles. The molecular weight excluding hydrogens is 176 g/mol. The molecule has 1 atom stereocenters. The summed E-state index contributed by atoms with van der Waals surface area (Å²) in [5.74, 6) is -0.108. The monoisotopic (exact) mass is 192 g/mol. The Morgan fingerprint density at radius 3 is 2.64 bits per heavy atom. The summed E-state index contributed by atoms with van der Waals surface area (Å²) in [5.41, 5.74) is 6.11. The number of hydrogen-bond donors (Lipinski definition) is 1. The minimum Gasteiger partial charge on any atom is -0.369 e. The summed E-state index contributed by atoms with van der Waals surface area (Å²) in [5, 5.41) is 0. The molecule has 1 aromatic heterocycles. The van der Waals surface area contributed by atoms with Crippen LogP contribution < -0.4 is 5.73 Å². The van der Waals surface area contributed by atoms with Crippen LogP contribution >= 0.6 is 0 Å². The Kier molecular flexibility index (Phi) is 3.63. The molecule has 0 radical (unpaired) electrons. The molecule has 0 aliphatic carbocycles. The van der Waals surface area contributed by atoms with Gasteiger partial charge in [0, 0.05) is 6.20 Å². The molecule has 3 heteroatoms. The smallest absolute Gasteiger partial charge is 0.226 e. The average Bonchev–Trinajstić information content (AvgIpc) is 2.15. The number of rotatable bonds is 4. The van der Waals surface area contributed by atoms with Crippen LogP contribution in [0.25, 0.3) is 0 Å². The highest BCUT2D eigenvalue weighted by Gasteiger charge is 2.19. The molecule has 0 aromatic carbocycles. The van der Waals surface area contributed by atoms with Crippen LogP contribution in [0.3, 0.4) is 0 Å². The molecule has 0 fully saturated rings. The van der Waals surface area contributed by atoms with E-state index in [4.69, 9.17) is 5.73 Å². The van der Waals surface area contributed by atoms with E-state index < -0.39 is 0 Å². The molecule has 1 unspecified atom stereocenters. The van der Waals surface area contributed by atoms with Crippen LogP contribution in [0.2, 0.25) is 0 Å². The molecule has 14 heavy (non-hydrogen) atoms. The minimum absolute atomic E-state index is 0.254. The van der Waals surface area contributed by atoms with Crippen LogP contribution in [0.5, 0.6) is 0 Å². The predicted octanol–water partition coefficient (Wildman–Crippen LogP) is 1.70. The SMILES string of the molecule is CC(C)CC(C(N)=O)c1ccccn1. The first-order valence-electron chi connectivity index (χ1n) is 4.81. The lowest BCUT2D eigenvalue weighted by Crippen LogP contribution is -2.23. The molecule has 0 bridgehead atoms. The van der Waals surface area contributed by atoms with Gasteiger partial charge < -0.3 is 5.73 Å². The number of nitrogens with zero attached hydrogens (tertiary/aromatic N) is 1. The third-order valence-corrected chi connectivity index (χ3v) is 2.10. The van der Waals surface area contributed by atoms with E-state index in [-0.39, 0.29) is 11.8 Å². The van der Waals surface area contributed by atoms with E-state index in [1.54, 1.807) is 6.20 Å². The first-order valence-corrected chi connectivity index (χ1v) is 4.81. The lowest BCUT2D eigenvalue weighted by Gasteiger charge is -2.14. The number of aromatic nitrogens is 1. The maximum Gasteiger partial charge on any atom is 0.226 e. The van der Waals surface area contributed by atoms with Crippen LogP contribution in [0.4, 0.5) is 0 Å². The second-order valence-electron chi connectivity index (χ2n) is 3.84. The van der Waals surface area contributed by atoms with Crippen molar-refractivity contribution in [1.29, 1.82) is 0 Å². The average molecular weight is 192 g/mol. The molecule has 1 heterocycles. The van der Waals surface area contributed by atoms with E-state index in [0.717, 1.165) is 12.1 Å². The summed E-state index contributed by atoms with van der Waals surface area (Å²) in [7, 11) is 0. The number of amides is 1. The van der Waals surface area contributed by atoms with Gasteiger partial charge in [0.2, 0.25) is 5.91 Å². The van der Waals surface area contributed by atoms with Crippen molar-refractivity contribution >= 4 is 5.91 Å². The first kappa shape index (κ1) is 10.7. The zero-order valence-electron chi connectivity index (χ0n) is 8.60. The quantitative estimate of drug-likeness (QED) is 0.789. The molecule has 1 amide bonds. The van der Waals surface area contributed by atoms with Crippen molar-refractivity contribution in [1.82, 2.24) is 4.98 Å². The molecular formula is C11H16N2O. The highest BCUT2D eigenvalue weighted by molar-refractivity contribution is 5.81. The zero-order valence-corrected chi connectivity index (χ0v) is 8.60. The fourth-order valence-electron chi connectivity index (χ4n) is 1.44. The third-order valence-electron chi connectivity index (χ3n) is 2.10. The number of carbonyl (C=O) groups is 1. The molecule has 0 saturated carbocycles. The van der Waals surface area contributed by atoms with Gasteiger partial charge >= 0.3 is 0 Å². The Hall–Kier alpha value is -1.38. The molecule has 0 aliphatic rings. The van der Waals surface area contributed by atoms with Gasteiger partial charge in [-0.05, 0) is 24.5 Å². The van der Waals surface area contributed by atoms with E-state index in [1.165, 1.54) is 0 Å². The standard InChI is InChI=1S/C11H16N2O/c1-8(2)7-9(11(12)14)10-5-3-4-6-13-10/h3-6,8-9H,7H2,1-2H3,(H2,12,14). The van der Waals surface area contributed by atoms with Gasteiger partial charge in [-0.3, -0.25) is 9.78 Å². The molecule has 0 aliphatic heterocycles. The molecule has 2 N–H and O–H groups in total. The highest BCUT2D eigenvalue weighted by Crippen LogP contribution is 2.21. The summed E-state index contributed by atoms with van der Waals surface area (Å²) in [6, 6.07) is 5.55. The lowest BCUT2D eigenvalue weighted by atomic mass is 9.93. The van der Waals surface area contributed by atoms with E-state index in [0.29, 0.717) is 5.92 Å². The minimum atomic E-state index is -0.294. The van der Waals surface area contributed by atoms with Crippen molar-refractivity contribution in [2.75, 3.05) is 0 Å². The van der Waals surface area contributed by atoms with Gasteiger partial charge in [-0.15, -0.1) is 0 Å². The number of nitrogens with two attached hydrogens (primary N) is 1. The van der Waals surface area contributed by atoms with Crippen LogP contribution in [-0.4, -0.2) is 10.9 Å². The van der Waals surface area contributed by atoms with Crippen LogP contribution in [0.15, 0.2) is 24.4 Å². The van der Waals surface area contributed by atoms with Crippen molar-refractivity contribution in [2.24, 2.45) is 11.7 Å². The zero-order chi connectivity index (χ0) is 10.6. The Labute approximate surface area is 84.3 Å². The second kappa shape index (κ2) is 4.74. The molecule has 3 nitrogen and oxygen atoms in total. The predicted molar refractivity (Wildman–Crippen MR) is 55.6 cm³/mol. The van der Waals surface area contributed by atoms with E-state index in [2.05, 4.69) is 18.8 Å². The fourth-order valence-corrected chi connectivity index (χ4v) is 1.44. The van der Waals surface area contributed by atoms with Gasteiger partial charge in [-0.1, -0.05) is 19.9 Å². The fraction of sp³-hybridized carbons (Fsp3) is 0.455. The maximum atomic E-state index is 11.2. The first-order chi connectivity index (χ1) is 6.61. The van der Waals surface area contributed by atoms with E-state index >= 15 is 0 Å². The summed E-state index contributed by atoms with van der Waals surface area (Å²) in [6.07, 6.45) is 2.44. The number of carbonyl (C=O) groups excluding carboxylic acids is 1. The Morgan fingerprint density at radius 1 is 1.50 bits per heavy atom. The van der Waals surface area contributed by atoms with Crippen LogP contribution in [-0.2, 0) is 4.79 Å². The van der Waals surface area contributed by atoms with E-state index in [9.17, 15) is 4.79 Å². The van der Waals surface area contributed by atoms with Crippen LogP contribution in [0.1, 0.15) is 31.9 Å². The Balaban J connectivity index is 2.84. The number of hydrogen-bond acceptors (Lipinski definition) is 2. The van der Waals surface area contributed by atoms with Crippen molar-refractivity contribution < 1.29 is 4.79 Å². The largest absolute Gasteiger partial charge is 0.369 e. The molecule has 1 rings (SSSR count). The Morgan fingerprint density at radius 2 is 2.21 bits per heavy atom. The summed E-state index contributed by atoms with van der Waals surface area (Å²) in [6.45, 7) is 4.14. The van der Waals surface area contributed by atoms with Gasteiger partial charge in [-0.25, -0.2) is 0 Å². The van der Waals surface area contributed by atoms with Gasteiger partial charge in [0.25, 0.3) is 0 Å². The Bertz CT molecular complexity index is 295. The van der Waals surface area contributed by atoms with Crippen LogP contribution in [0, 0.1) is 5.92 Å². The highest BCUT2D eigenvalue weighted by atomic mass is 16.1. The van der Waals surface area contributed by atoms with Crippen molar-refractivity contribution in [2.45, 2.75) is 26.2 Å². The number of primary amides is 1. The summed E-state index contributed by atoms with van der Waals surface area (Å²) in [4.78, 5) is 15.4. The summed E-state index contributed by atoms with van der Waals surface area (Å²) < 4.78 is 0. The van der Waals surface area contributed by atoms with E-state index in [1.807, 2.05) is 18.2 Å². The van der Waals surface area contributed by atoms with Crippen molar-refractivity contribution in [3.05, 3.63) is 30.1 Å². The maximum absolute atomic E-state index is 11.2. The van der Waals surface area contributed by atoms with Gasteiger partial charge in [0.05, 0.1) is 11.6 Å². The topological polar surface area (TPSA) is 56.0 Å². The molecule has 0 spiro atoms. The number of pyridine rings is 1. The second-order valence-corrected chi connectivity index (χ2v) is 3.84. The normalized spacial score (nSPS) is 12.8. The third kappa shape index (κ3) is 2.83. The van der Waals surface area contributed by atoms with Crippen molar-refractivity contribution in [3.63, 3.8) is 0 Å². The lowest BCUT2D eigenvalue weighted by molar-refractivity contribution is -0.119. The van der Waals surface area contributed by atoms with Gasteiger partial charge in [0.1, 0.15) is 0 Å². The summed E-state index contributed by atoms with van der Waals surface area (Å²) >= 11 is 0. The van der Waals surface area contributed by atoms with Crippen molar-refractivity contribution in [3.8, 4) is 0 Å². The molecule has 1 aromatic rings.